The first-order valence-corrected chi connectivity index (χ1v) is 9.68. The smallest absolute Gasteiger partial charge is 0.247 e. The normalized spacial score (nSPS) is 24.9. The summed E-state index contributed by atoms with van der Waals surface area (Å²) < 4.78 is 29.9. The monoisotopic (exact) mass is 347 g/mol. The van der Waals surface area contributed by atoms with Gasteiger partial charge in [0.05, 0.1) is 11.9 Å². The standard InChI is InChI=1S/C16H21N5O2S/c1-13-14(11-19-21(13)15-5-2-3-8-18-15)24(22,23)20-10-4-6-16(20)7-9-17-12-16/h2-3,5,8,11,17H,4,6-7,9-10,12H2,1H3. The van der Waals surface area contributed by atoms with E-state index in [9.17, 15) is 8.42 Å². The maximum absolute atomic E-state index is 13.3. The summed E-state index contributed by atoms with van der Waals surface area (Å²) in [6, 6.07) is 5.49. The highest BCUT2D eigenvalue weighted by molar-refractivity contribution is 7.89. The number of rotatable bonds is 3. The largest absolute Gasteiger partial charge is 0.315 e. The molecule has 2 aromatic heterocycles. The Morgan fingerprint density at radius 2 is 2.17 bits per heavy atom. The molecule has 1 spiro atoms. The molecule has 2 saturated heterocycles. The summed E-state index contributed by atoms with van der Waals surface area (Å²) in [6.07, 6.45) is 5.83. The molecule has 0 radical (unpaired) electrons. The molecular formula is C16H21N5O2S. The Balaban J connectivity index is 1.75. The average Bonchev–Trinajstić information content (AvgIpc) is 3.30. The molecule has 2 fully saturated rings. The average molecular weight is 347 g/mol. The highest BCUT2D eigenvalue weighted by Crippen LogP contribution is 2.39. The molecule has 24 heavy (non-hydrogen) atoms. The molecule has 1 unspecified atom stereocenters. The van der Waals surface area contributed by atoms with E-state index in [0.717, 1.165) is 32.4 Å². The van der Waals surface area contributed by atoms with Crippen molar-refractivity contribution in [1.82, 2.24) is 24.4 Å². The summed E-state index contributed by atoms with van der Waals surface area (Å²) in [7, 11) is -3.57. The van der Waals surface area contributed by atoms with Gasteiger partial charge in [-0.1, -0.05) is 6.07 Å². The first kappa shape index (κ1) is 15.7. The molecule has 0 amide bonds. The predicted octanol–water partition coefficient (Wildman–Crippen LogP) is 1.09. The van der Waals surface area contributed by atoms with Crippen LogP contribution in [0.15, 0.2) is 35.5 Å². The Labute approximate surface area is 141 Å². The highest BCUT2D eigenvalue weighted by atomic mass is 32.2. The molecular weight excluding hydrogens is 326 g/mol. The van der Waals surface area contributed by atoms with E-state index in [-0.39, 0.29) is 10.4 Å². The van der Waals surface area contributed by atoms with Crippen molar-refractivity contribution in [3.63, 3.8) is 0 Å². The topological polar surface area (TPSA) is 80.1 Å². The molecule has 0 saturated carbocycles. The second-order valence-electron chi connectivity index (χ2n) is 6.53. The van der Waals surface area contributed by atoms with E-state index in [1.54, 1.807) is 22.1 Å². The van der Waals surface area contributed by atoms with Crippen molar-refractivity contribution in [2.45, 2.75) is 36.6 Å². The lowest BCUT2D eigenvalue weighted by atomic mass is 9.97. The molecule has 128 valence electrons. The van der Waals surface area contributed by atoms with Gasteiger partial charge in [-0.2, -0.15) is 9.40 Å². The fourth-order valence-corrected chi connectivity index (χ4v) is 5.93. The minimum absolute atomic E-state index is 0.266. The molecule has 4 rings (SSSR count). The number of sulfonamides is 1. The van der Waals surface area contributed by atoms with Crippen LogP contribution in [-0.4, -0.2) is 52.7 Å². The number of nitrogens with one attached hydrogen (secondary N) is 1. The number of nitrogens with zero attached hydrogens (tertiary/aromatic N) is 4. The Kier molecular flexibility index (Phi) is 3.70. The zero-order valence-electron chi connectivity index (χ0n) is 13.6. The van der Waals surface area contributed by atoms with E-state index in [4.69, 9.17) is 0 Å². The van der Waals surface area contributed by atoms with Gasteiger partial charge in [0.1, 0.15) is 4.90 Å². The van der Waals surface area contributed by atoms with Crippen molar-refractivity contribution in [3.8, 4) is 5.82 Å². The van der Waals surface area contributed by atoms with Crippen LogP contribution in [0, 0.1) is 6.92 Å². The van der Waals surface area contributed by atoms with Crippen LogP contribution in [0.2, 0.25) is 0 Å². The van der Waals surface area contributed by atoms with Crippen molar-refractivity contribution >= 4 is 10.0 Å². The Morgan fingerprint density at radius 1 is 1.29 bits per heavy atom. The van der Waals surface area contributed by atoms with Crippen molar-refractivity contribution in [2.24, 2.45) is 0 Å². The van der Waals surface area contributed by atoms with Crippen molar-refractivity contribution in [3.05, 3.63) is 36.3 Å². The zero-order valence-corrected chi connectivity index (χ0v) is 14.5. The van der Waals surface area contributed by atoms with Gasteiger partial charge in [-0.25, -0.2) is 18.1 Å². The number of hydrogen-bond donors (Lipinski definition) is 1. The lowest BCUT2D eigenvalue weighted by Crippen LogP contribution is -2.48. The van der Waals surface area contributed by atoms with Crippen LogP contribution >= 0.6 is 0 Å². The Morgan fingerprint density at radius 3 is 2.88 bits per heavy atom. The second-order valence-corrected chi connectivity index (χ2v) is 8.36. The molecule has 2 aliphatic heterocycles. The molecule has 0 aliphatic carbocycles. The van der Waals surface area contributed by atoms with Gasteiger partial charge in [0, 0.05) is 24.8 Å². The van der Waals surface area contributed by atoms with Crippen LogP contribution in [0.4, 0.5) is 0 Å². The van der Waals surface area contributed by atoms with Gasteiger partial charge in [0.2, 0.25) is 10.0 Å². The van der Waals surface area contributed by atoms with Crippen LogP contribution in [0.3, 0.4) is 0 Å². The third-order valence-corrected chi connectivity index (χ3v) is 7.26. The first-order valence-electron chi connectivity index (χ1n) is 8.24. The van der Waals surface area contributed by atoms with Crippen molar-refractivity contribution in [1.29, 1.82) is 0 Å². The molecule has 2 aliphatic rings. The van der Waals surface area contributed by atoms with Gasteiger partial charge in [0.25, 0.3) is 0 Å². The summed E-state index contributed by atoms with van der Waals surface area (Å²) in [5.74, 6) is 0.620. The molecule has 7 nitrogen and oxygen atoms in total. The third kappa shape index (κ3) is 2.28. The van der Waals surface area contributed by atoms with Crippen molar-refractivity contribution < 1.29 is 8.42 Å². The van der Waals surface area contributed by atoms with Gasteiger partial charge in [-0.15, -0.1) is 0 Å². The SMILES string of the molecule is Cc1c(S(=O)(=O)N2CCCC23CCNC3)cnn1-c1ccccn1. The van der Waals surface area contributed by atoms with Gasteiger partial charge in [-0.3, -0.25) is 0 Å². The van der Waals surface area contributed by atoms with Crippen LogP contribution < -0.4 is 5.32 Å². The fourth-order valence-electron chi connectivity index (χ4n) is 3.92. The van der Waals surface area contributed by atoms with E-state index in [1.807, 2.05) is 18.2 Å². The maximum Gasteiger partial charge on any atom is 0.247 e. The van der Waals surface area contributed by atoms with E-state index < -0.39 is 10.0 Å². The highest BCUT2D eigenvalue weighted by Gasteiger charge is 2.49. The summed E-state index contributed by atoms with van der Waals surface area (Å²) in [6.45, 7) is 3.97. The molecule has 0 bridgehead atoms. The fraction of sp³-hybridized carbons (Fsp3) is 0.500. The minimum atomic E-state index is -3.57. The summed E-state index contributed by atoms with van der Waals surface area (Å²) in [4.78, 5) is 4.53. The van der Waals surface area contributed by atoms with Gasteiger partial charge >= 0.3 is 0 Å². The first-order chi connectivity index (χ1) is 11.5. The quantitative estimate of drug-likeness (QED) is 0.899. The number of pyridine rings is 1. The zero-order chi connectivity index (χ0) is 16.8. The van der Waals surface area contributed by atoms with Crippen LogP contribution in [0.5, 0.6) is 0 Å². The predicted molar refractivity (Wildman–Crippen MR) is 89.4 cm³/mol. The Bertz CT molecular complexity index is 835. The lowest BCUT2D eigenvalue weighted by molar-refractivity contribution is 0.264. The van der Waals surface area contributed by atoms with Crippen LogP contribution in [0.1, 0.15) is 25.0 Å². The van der Waals surface area contributed by atoms with Crippen LogP contribution in [0.25, 0.3) is 5.82 Å². The summed E-state index contributed by atoms with van der Waals surface area (Å²) in [5.41, 5.74) is 0.333. The molecule has 1 atom stereocenters. The molecule has 0 aromatic carbocycles. The summed E-state index contributed by atoms with van der Waals surface area (Å²) >= 11 is 0. The van der Waals surface area contributed by atoms with E-state index in [0.29, 0.717) is 18.1 Å². The molecule has 2 aromatic rings. The van der Waals surface area contributed by atoms with E-state index >= 15 is 0 Å². The van der Waals surface area contributed by atoms with Crippen LogP contribution in [-0.2, 0) is 10.0 Å². The maximum atomic E-state index is 13.3. The molecule has 4 heterocycles. The van der Waals surface area contributed by atoms with Gasteiger partial charge in [0.15, 0.2) is 5.82 Å². The van der Waals surface area contributed by atoms with Gasteiger partial charge in [-0.05, 0) is 44.9 Å². The van der Waals surface area contributed by atoms with E-state index in [2.05, 4.69) is 15.4 Å². The van der Waals surface area contributed by atoms with E-state index in [1.165, 1.54) is 6.20 Å². The Hall–Kier alpha value is -1.77. The third-order valence-electron chi connectivity index (χ3n) is 5.15. The lowest BCUT2D eigenvalue weighted by Gasteiger charge is -2.33. The second kappa shape index (κ2) is 5.65. The number of hydrogen-bond acceptors (Lipinski definition) is 5. The molecule has 8 heteroatoms. The minimum Gasteiger partial charge on any atom is -0.315 e. The summed E-state index contributed by atoms with van der Waals surface area (Å²) in [5, 5.41) is 7.59. The molecule has 1 N–H and O–H groups in total. The van der Waals surface area contributed by atoms with Gasteiger partial charge < -0.3 is 5.32 Å². The van der Waals surface area contributed by atoms with Crippen molar-refractivity contribution in [2.75, 3.05) is 19.6 Å². The number of aromatic nitrogens is 3.